The molecule has 4 rings (SSSR count). The lowest BCUT2D eigenvalue weighted by Crippen LogP contribution is -2.38. The van der Waals surface area contributed by atoms with Crippen LogP contribution in [0.5, 0.6) is 0 Å². The summed E-state index contributed by atoms with van der Waals surface area (Å²) < 4.78 is 0. The first kappa shape index (κ1) is 16.4. The Morgan fingerprint density at radius 2 is 2.24 bits per heavy atom. The molecule has 3 nitrogen and oxygen atoms in total. The Balaban J connectivity index is 1.52. The van der Waals surface area contributed by atoms with Crippen LogP contribution in [0, 0.1) is 12.8 Å². The van der Waals surface area contributed by atoms with Crippen molar-refractivity contribution in [2.24, 2.45) is 5.92 Å². The summed E-state index contributed by atoms with van der Waals surface area (Å²) in [5, 5.41) is 4.46. The van der Waals surface area contributed by atoms with Gasteiger partial charge in [0, 0.05) is 36.8 Å². The summed E-state index contributed by atoms with van der Waals surface area (Å²) in [7, 11) is 0. The maximum absolute atomic E-state index is 12.9. The van der Waals surface area contributed by atoms with Gasteiger partial charge in [-0.2, -0.15) is 0 Å². The van der Waals surface area contributed by atoms with Gasteiger partial charge in [0.1, 0.15) is 0 Å². The molecule has 0 aliphatic carbocycles. The highest BCUT2D eigenvalue weighted by Crippen LogP contribution is 2.27. The number of pyridine rings is 1. The average molecular weight is 350 g/mol. The van der Waals surface area contributed by atoms with E-state index < -0.39 is 0 Å². The van der Waals surface area contributed by atoms with E-state index >= 15 is 0 Å². The lowest BCUT2D eigenvalue weighted by Gasteiger charge is -2.32. The minimum absolute atomic E-state index is 0.128. The van der Waals surface area contributed by atoms with E-state index in [1.807, 2.05) is 30.8 Å². The Labute approximate surface area is 152 Å². The molecule has 0 spiro atoms. The van der Waals surface area contributed by atoms with Gasteiger partial charge in [-0.05, 0) is 60.3 Å². The van der Waals surface area contributed by atoms with E-state index in [0.717, 1.165) is 42.9 Å². The number of nitrogens with zero attached hydrogens (tertiary/aromatic N) is 2. The average Bonchev–Trinajstić information content (AvgIpc) is 3.08. The molecule has 0 bridgehead atoms. The Kier molecular flexibility index (Phi) is 4.64. The van der Waals surface area contributed by atoms with Crippen molar-refractivity contribution >= 4 is 27.9 Å². The molecule has 3 aromatic rings. The van der Waals surface area contributed by atoms with Gasteiger partial charge >= 0.3 is 0 Å². The minimum Gasteiger partial charge on any atom is -0.298 e. The lowest BCUT2D eigenvalue weighted by molar-refractivity contribution is 0.0816. The monoisotopic (exact) mass is 350 g/mol. The smallest absolute Gasteiger partial charge is 0.177 e. The zero-order chi connectivity index (χ0) is 17.2. The van der Waals surface area contributed by atoms with Crippen LogP contribution in [0.2, 0.25) is 0 Å². The standard InChI is InChI=1S/C21H22N2OS/c1-15-8-11-25-21(15)20(24)18-6-3-10-23(14-18)13-17-5-2-4-16-12-22-9-7-19(16)17/h2,4-5,7-9,11-12,18H,3,6,10,13-14H2,1H3. The van der Waals surface area contributed by atoms with Crippen LogP contribution in [0.4, 0.5) is 0 Å². The van der Waals surface area contributed by atoms with E-state index in [2.05, 4.69) is 34.1 Å². The Morgan fingerprint density at radius 3 is 3.08 bits per heavy atom. The predicted octanol–water partition coefficient (Wildman–Crippen LogP) is 4.70. The third-order valence-corrected chi connectivity index (χ3v) is 6.16. The van der Waals surface area contributed by atoms with Crippen molar-refractivity contribution < 1.29 is 4.79 Å². The predicted molar refractivity (Wildman–Crippen MR) is 103 cm³/mol. The third kappa shape index (κ3) is 3.37. The number of carbonyl (C=O) groups is 1. The zero-order valence-electron chi connectivity index (χ0n) is 14.4. The first-order valence-corrected chi connectivity index (χ1v) is 9.72. The molecule has 0 amide bonds. The van der Waals surface area contributed by atoms with Crippen LogP contribution < -0.4 is 0 Å². The molecule has 1 fully saturated rings. The number of thiophene rings is 1. The number of benzene rings is 1. The summed E-state index contributed by atoms with van der Waals surface area (Å²) in [6.45, 7) is 4.86. The number of hydrogen-bond acceptors (Lipinski definition) is 4. The number of piperidine rings is 1. The van der Waals surface area contributed by atoms with E-state index in [1.165, 1.54) is 16.3 Å². The number of rotatable bonds is 4. The summed E-state index contributed by atoms with van der Waals surface area (Å²) in [5.41, 5.74) is 2.44. The first-order valence-electron chi connectivity index (χ1n) is 8.84. The van der Waals surface area contributed by atoms with Crippen LogP contribution in [0.25, 0.3) is 10.8 Å². The number of hydrogen-bond donors (Lipinski definition) is 0. The molecular weight excluding hydrogens is 328 g/mol. The van der Waals surface area contributed by atoms with Gasteiger partial charge in [0.25, 0.3) is 0 Å². The molecule has 1 aliphatic rings. The lowest BCUT2D eigenvalue weighted by atomic mass is 9.91. The van der Waals surface area contributed by atoms with Crippen LogP contribution in [0.15, 0.2) is 48.1 Å². The number of likely N-dealkylation sites (tertiary alicyclic amines) is 1. The van der Waals surface area contributed by atoms with Crippen LogP contribution in [-0.2, 0) is 6.54 Å². The van der Waals surface area contributed by atoms with Gasteiger partial charge in [-0.3, -0.25) is 14.7 Å². The zero-order valence-corrected chi connectivity index (χ0v) is 15.3. The van der Waals surface area contributed by atoms with Crippen LogP contribution in [0.3, 0.4) is 0 Å². The first-order chi connectivity index (χ1) is 12.2. The molecule has 4 heteroatoms. The summed E-state index contributed by atoms with van der Waals surface area (Å²) in [6.07, 6.45) is 5.87. The Hall–Kier alpha value is -2.04. The normalized spacial score (nSPS) is 18.5. The van der Waals surface area contributed by atoms with Gasteiger partial charge < -0.3 is 0 Å². The molecule has 1 unspecified atom stereocenters. The summed E-state index contributed by atoms with van der Waals surface area (Å²) in [5.74, 6) is 0.460. The Bertz CT molecular complexity index is 896. The number of carbonyl (C=O) groups excluding carboxylic acids is 1. The highest BCUT2D eigenvalue weighted by Gasteiger charge is 2.28. The van der Waals surface area contributed by atoms with Crippen molar-refractivity contribution in [1.29, 1.82) is 0 Å². The van der Waals surface area contributed by atoms with Crippen molar-refractivity contribution in [3.05, 3.63) is 64.1 Å². The van der Waals surface area contributed by atoms with Crippen LogP contribution in [0.1, 0.15) is 33.6 Å². The maximum atomic E-state index is 12.9. The van der Waals surface area contributed by atoms with E-state index in [9.17, 15) is 4.79 Å². The second-order valence-corrected chi connectivity index (χ2v) is 7.80. The third-order valence-electron chi connectivity index (χ3n) is 5.13. The minimum atomic E-state index is 0.128. The van der Waals surface area contributed by atoms with Crippen molar-refractivity contribution in [3.8, 4) is 0 Å². The summed E-state index contributed by atoms with van der Waals surface area (Å²) >= 11 is 1.58. The highest BCUT2D eigenvalue weighted by molar-refractivity contribution is 7.12. The quantitative estimate of drug-likeness (QED) is 0.640. The van der Waals surface area contributed by atoms with E-state index in [1.54, 1.807) is 11.3 Å². The van der Waals surface area contributed by atoms with Gasteiger partial charge in [0.15, 0.2) is 5.78 Å². The molecule has 0 saturated carbocycles. The van der Waals surface area contributed by atoms with Gasteiger partial charge in [-0.25, -0.2) is 0 Å². The Morgan fingerprint density at radius 1 is 1.32 bits per heavy atom. The number of Topliss-reactive ketones (excluding diaryl/α,β-unsaturated/α-hetero) is 1. The van der Waals surface area contributed by atoms with Crippen molar-refractivity contribution in [2.45, 2.75) is 26.3 Å². The van der Waals surface area contributed by atoms with Crippen molar-refractivity contribution in [1.82, 2.24) is 9.88 Å². The van der Waals surface area contributed by atoms with Gasteiger partial charge in [-0.1, -0.05) is 18.2 Å². The molecule has 3 heterocycles. The number of fused-ring (bicyclic) bond motifs is 1. The van der Waals surface area contributed by atoms with Crippen LogP contribution >= 0.6 is 11.3 Å². The molecule has 1 atom stereocenters. The van der Waals surface area contributed by atoms with E-state index in [-0.39, 0.29) is 5.92 Å². The molecule has 25 heavy (non-hydrogen) atoms. The van der Waals surface area contributed by atoms with Crippen molar-refractivity contribution in [2.75, 3.05) is 13.1 Å². The topological polar surface area (TPSA) is 33.2 Å². The second-order valence-electron chi connectivity index (χ2n) is 6.89. The molecule has 1 aromatic carbocycles. The van der Waals surface area contributed by atoms with Gasteiger partial charge in [0.05, 0.1) is 4.88 Å². The number of aryl methyl sites for hydroxylation is 1. The van der Waals surface area contributed by atoms with Crippen molar-refractivity contribution in [3.63, 3.8) is 0 Å². The summed E-state index contributed by atoms with van der Waals surface area (Å²) in [4.78, 5) is 20.5. The molecular formula is C21H22N2OS. The maximum Gasteiger partial charge on any atom is 0.177 e. The van der Waals surface area contributed by atoms with E-state index in [4.69, 9.17) is 0 Å². The highest BCUT2D eigenvalue weighted by atomic mass is 32.1. The fraction of sp³-hybridized carbons (Fsp3) is 0.333. The fourth-order valence-electron chi connectivity index (χ4n) is 3.79. The van der Waals surface area contributed by atoms with Gasteiger partial charge in [0.2, 0.25) is 0 Å². The number of ketones is 1. The number of aromatic nitrogens is 1. The van der Waals surface area contributed by atoms with Gasteiger partial charge in [-0.15, -0.1) is 11.3 Å². The fourth-order valence-corrected chi connectivity index (χ4v) is 4.74. The largest absolute Gasteiger partial charge is 0.298 e. The van der Waals surface area contributed by atoms with Crippen LogP contribution in [-0.4, -0.2) is 28.8 Å². The molecule has 0 radical (unpaired) electrons. The molecule has 0 N–H and O–H groups in total. The van der Waals surface area contributed by atoms with E-state index in [0.29, 0.717) is 5.78 Å². The summed E-state index contributed by atoms with van der Waals surface area (Å²) in [6, 6.07) is 10.5. The molecule has 1 saturated heterocycles. The second kappa shape index (κ2) is 7.06. The molecule has 1 aliphatic heterocycles. The molecule has 128 valence electrons. The SMILES string of the molecule is Cc1ccsc1C(=O)C1CCCN(Cc2cccc3cnccc23)C1. The molecule has 2 aromatic heterocycles.